The van der Waals surface area contributed by atoms with Crippen LogP contribution in [0.15, 0.2) is 48.7 Å². The minimum Gasteiger partial charge on any atom is -0.478 e. The molecule has 1 heterocycles. The van der Waals surface area contributed by atoms with Crippen molar-refractivity contribution in [2.75, 3.05) is 5.32 Å². The monoisotopic (exact) mass is 299 g/mol. The Morgan fingerprint density at radius 1 is 1.19 bits per heavy atom. The van der Waals surface area contributed by atoms with Crippen LogP contribution in [0.25, 0.3) is 10.9 Å². The summed E-state index contributed by atoms with van der Waals surface area (Å²) >= 11 is 5.96. The molecule has 104 valence electrons. The number of carboxylic acids is 1. The van der Waals surface area contributed by atoms with Crippen LogP contribution in [-0.2, 0) is 0 Å². The Bertz CT molecular complexity index is 831. The molecule has 6 heteroatoms. The zero-order valence-electron chi connectivity index (χ0n) is 10.7. The van der Waals surface area contributed by atoms with E-state index < -0.39 is 5.97 Å². The van der Waals surface area contributed by atoms with Gasteiger partial charge in [0.2, 0.25) is 0 Å². The van der Waals surface area contributed by atoms with E-state index in [1.54, 1.807) is 18.3 Å². The van der Waals surface area contributed by atoms with Crippen LogP contribution >= 0.6 is 11.6 Å². The molecule has 0 fully saturated rings. The predicted molar refractivity (Wildman–Crippen MR) is 81.2 cm³/mol. The van der Waals surface area contributed by atoms with E-state index in [4.69, 9.17) is 16.7 Å². The van der Waals surface area contributed by atoms with E-state index in [2.05, 4.69) is 15.5 Å². The van der Waals surface area contributed by atoms with Crippen LogP contribution in [0.2, 0.25) is 5.02 Å². The predicted octanol–water partition coefficient (Wildman–Crippen LogP) is 3.73. The number of aromatic carboxylic acids is 1. The van der Waals surface area contributed by atoms with Crippen molar-refractivity contribution in [3.05, 3.63) is 59.2 Å². The Balaban J connectivity index is 1.99. The lowest BCUT2D eigenvalue weighted by Gasteiger charge is -2.09. The van der Waals surface area contributed by atoms with Gasteiger partial charge in [-0.25, -0.2) is 4.79 Å². The first kappa shape index (κ1) is 13.3. The minimum absolute atomic E-state index is 0.0694. The summed E-state index contributed by atoms with van der Waals surface area (Å²) in [6.07, 6.45) is 1.61. The van der Waals surface area contributed by atoms with Crippen molar-refractivity contribution in [3.8, 4) is 0 Å². The molecule has 21 heavy (non-hydrogen) atoms. The molecule has 2 N–H and O–H groups in total. The lowest BCUT2D eigenvalue weighted by Crippen LogP contribution is -1.99. The summed E-state index contributed by atoms with van der Waals surface area (Å²) in [5, 5.41) is 21.2. The van der Waals surface area contributed by atoms with E-state index in [0.29, 0.717) is 5.69 Å². The molecular formula is C15H10ClN3O2. The van der Waals surface area contributed by atoms with Gasteiger partial charge >= 0.3 is 5.97 Å². The molecule has 5 nitrogen and oxygen atoms in total. The Morgan fingerprint density at radius 3 is 2.76 bits per heavy atom. The fraction of sp³-hybridized carbons (Fsp3) is 0. The van der Waals surface area contributed by atoms with E-state index >= 15 is 0 Å². The number of carbonyl (C=O) groups is 1. The zero-order valence-corrected chi connectivity index (χ0v) is 11.5. The summed E-state index contributed by atoms with van der Waals surface area (Å²) < 4.78 is 0. The number of carboxylic acid groups (broad SMARTS) is 1. The topological polar surface area (TPSA) is 75.1 Å². The molecule has 0 unspecified atom stereocenters. The molecule has 0 saturated heterocycles. The number of nitrogens with one attached hydrogen (secondary N) is 1. The third-order valence-corrected chi connectivity index (χ3v) is 3.34. The van der Waals surface area contributed by atoms with Gasteiger partial charge in [-0.05, 0) is 24.3 Å². The SMILES string of the molecule is O=C(O)c1ccc(Nc2cnnc3ccccc23)cc1Cl. The molecule has 3 aromatic rings. The Kier molecular flexibility index (Phi) is 3.41. The number of halogens is 1. The molecule has 0 atom stereocenters. The van der Waals surface area contributed by atoms with Crippen molar-refractivity contribution in [2.45, 2.75) is 0 Å². The van der Waals surface area contributed by atoms with E-state index in [9.17, 15) is 4.79 Å². The van der Waals surface area contributed by atoms with Crippen LogP contribution in [0.1, 0.15) is 10.4 Å². The maximum atomic E-state index is 10.9. The van der Waals surface area contributed by atoms with E-state index in [1.807, 2.05) is 24.3 Å². The van der Waals surface area contributed by atoms with Gasteiger partial charge in [-0.1, -0.05) is 29.8 Å². The van der Waals surface area contributed by atoms with Crippen molar-refractivity contribution in [3.63, 3.8) is 0 Å². The van der Waals surface area contributed by atoms with Crippen molar-refractivity contribution >= 4 is 39.8 Å². The number of anilines is 2. The van der Waals surface area contributed by atoms with Gasteiger partial charge in [-0.2, -0.15) is 10.2 Å². The number of benzene rings is 2. The highest BCUT2D eigenvalue weighted by Crippen LogP contribution is 2.27. The van der Waals surface area contributed by atoms with Crippen LogP contribution in [-0.4, -0.2) is 21.3 Å². The fourth-order valence-corrected chi connectivity index (χ4v) is 2.29. The van der Waals surface area contributed by atoms with Gasteiger partial charge in [0.1, 0.15) is 0 Å². The maximum Gasteiger partial charge on any atom is 0.337 e. The summed E-state index contributed by atoms with van der Waals surface area (Å²) in [4.78, 5) is 10.9. The largest absolute Gasteiger partial charge is 0.478 e. The van der Waals surface area contributed by atoms with Crippen LogP contribution < -0.4 is 5.32 Å². The van der Waals surface area contributed by atoms with Crippen molar-refractivity contribution in [1.29, 1.82) is 0 Å². The second-order valence-corrected chi connectivity index (χ2v) is 4.81. The highest BCUT2D eigenvalue weighted by atomic mass is 35.5. The second kappa shape index (κ2) is 5.38. The van der Waals surface area contributed by atoms with E-state index in [1.165, 1.54) is 6.07 Å². The number of nitrogens with zero attached hydrogens (tertiary/aromatic N) is 2. The number of aromatic nitrogens is 2. The number of hydrogen-bond donors (Lipinski definition) is 2. The van der Waals surface area contributed by atoms with Gasteiger partial charge in [0.15, 0.2) is 0 Å². The van der Waals surface area contributed by atoms with Crippen LogP contribution in [0.4, 0.5) is 11.4 Å². The summed E-state index contributed by atoms with van der Waals surface area (Å²) in [7, 11) is 0. The first-order valence-electron chi connectivity index (χ1n) is 6.15. The van der Waals surface area contributed by atoms with Crippen molar-refractivity contribution in [2.24, 2.45) is 0 Å². The van der Waals surface area contributed by atoms with Gasteiger partial charge in [-0.15, -0.1) is 0 Å². The van der Waals surface area contributed by atoms with Gasteiger partial charge in [0.05, 0.1) is 28.0 Å². The average Bonchev–Trinajstić information content (AvgIpc) is 2.47. The quantitative estimate of drug-likeness (QED) is 0.771. The third-order valence-electron chi connectivity index (χ3n) is 3.03. The summed E-state index contributed by atoms with van der Waals surface area (Å²) in [6, 6.07) is 12.3. The lowest BCUT2D eigenvalue weighted by molar-refractivity contribution is 0.0697. The Hall–Kier alpha value is -2.66. The van der Waals surface area contributed by atoms with E-state index in [0.717, 1.165) is 16.6 Å². The molecule has 0 saturated carbocycles. The highest BCUT2D eigenvalue weighted by Gasteiger charge is 2.09. The molecule has 2 aromatic carbocycles. The van der Waals surface area contributed by atoms with Gasteiger partial charge in [-0.3, -0.25) is 0 Å². The normalized spacial score (nSPS) is 10.5. The van der Waals surface area contributed by atoms with Crippen molar-refractivity contribution in [1.82, 2.24) is 10.2 Å². The first-order chi connectivity index (χ1) is 10.1. The highest BCUT2D eigenvalue weighted by molar-refractivity contribution is 6.33. The number of fused-ring (bicyclic) bond motifs is 1. The van der Waals surface area contributed by atoms with E-state index in [-0.39, 0.29) is 10.6 Å². The molecule has 0 radical (unpaired) electrons. The van der Waals surface area contributed by atoms with Crippen LogP contribution in [0, 0.1) is 0 Å². The van der Waals surface area contributed by atoms with Crippen molar-refractivity contribution < 1.29 is 9.90 Å². The lowest BCUT2D eigenvalue weighted by atomic mass is 10.2. The van der Waals surface area contributed by atoms with Gasteiger partial charge in [0, 0.05) is 11.1 Å². The zero-order chi connectivity index (χ0) is 14.8. The summed E-state index contributed by atoms with van der Waals surface area (Å²) in [5.41, 5.74) is 2.30. The maximum absolute atomic E-state index is 10.9. The van der Waals surface area contributed by atoms with Crippen LogP contribution in [0.5, 0.6) is 0 Å². The molecular weight excluding hydrogens is 290 g/mol. The molecule has 1 aromatic heterocycles. The fourth-order valence-electron chi connectivity index (χ4n) is 2.03. The third kappa shape index (κ3) is 2.64. The Morgan fingerprint density at radius 2 is 2.00 bits per heavy atom. The standard InChI is InChI=1S/C15H10ClN3O2/c16-12-7-9(5-6-10(12)15(20)21)18-14-8-17-19-13-4-2-1-3-11(13)14/h1-8H,(H,18,19)(H,20,21). The molecule has 0 aliphatic heterocycles. The second-order valence-electron chi connectivity index (χ2n) is 4.40. The minimum atomic E-state index is -1.05. The molecule has 0 aliphatic rings. The average molecular weight is 300 g/mol. The molecule has 0 spiro atoms. The van der Waals surface area contributed by atoms with Gasteiger partial charge < -0.3 is 10.4 Å². The number of rotatable bonds is 3. The molecule has 0 aliphatic carbocycles. The van der Waals surface area contributed by atoms with Crippen LogP contribution in [0.3, 0.4) is 0 Å². The summed E-state index contributed by atoms with van der Waals surface area (Å²) in [6.45, 7) is 0. The summed E-state index contributed by atoms with van der Waals surface area (Å²) in [5.74, 6) is -1.05. The smallest absolute Gasteiger partial charge is 0.337 e. The molecule has 0 amide bonds. The Labute approximate surface area is 125 Å². The van der Waals surface area contributed by atoms with Gasteiger partial charge in [0.25, 0.3) is 0 Å². The molecule has 0 bridgehead atoms. The first-order valence-corrected chi connectivity index (χ1v) is 6.53. The molecule has 3 rings (SSSR count). The number of hydrogen-bond acceptors (Lipinski definition) is 4.